The van der Waals surface area contributed by atoms with Crippen molar-refractivity contribution < 1.29 is 14.7 Å². The molecule has 0 saturated heterocycles. The molecule has 0 aliphatic heterocycles. The van der Waals surface area contributed by atoms with Gasteiger partial charge in [0, 0.05) is 11.7 Å². The van der Waals surface area contributed by atoms with Gasteiger partial charge in [-0.1, -0.05) is 26.0 Å². The van der Waals surface area contributed by atoms with Gasteiger partial charge in [-0.2, -0.15) is 0 Å². The maximum absolute atomic E-state index is 11.8. The zero-order chi connectivity index (χ0) is 15.4. The Labute approximate surface area is 124 Å². The van der Waals surface area contributed by atoms with Gasteiger partial charge < -0.3 is 15.7 Å². The zero-order valence-corrected chi connectivity index (χ0v) is 12.4. The van der Waals surface area contributed by atoms with Gasteiger partial charge in [0.15, 0.2) is 0 Å². The summed E-state index contributed by atoms with van der Waals surface area (Å²) in [5, 5.41) is 14.5. The Morgan fingerprint density at radius 2 is 1.90 bits per heavy atom. The SMILES string of the molecule is CC1CC(NC(=O)Nc2ccc(C(C)CC(=O)O)cc2)C1. The average molecular weight is 290 g/mol. The van der Waals surface area contributed by atoms with Crippen molar-refractivity contribution in [2.75, 3.05) is 5.32 Å². The predicted molar refractivity (Wildman–Crippen MR) is 81.5 cm³/mol. The maximum Gasteiger partial charge on any atom is 0.319 e. The van der Waals surface area contributed by atoms with Crippen LogP contribution < -0.4 is 10.6 Å². The topological polar surface area (TPSA) is 78.4 Å². The number of carbonyl (C=O) groups excluding carboxylic acids is 1. The Morgan fingerprint density at radius 1 is 1.29 bits per heavy atom. The van der Waals surface area contributed by atoms with Crippen LogP contribution >= 0.6 is 0 Å². The Hall–Kier alpha value is -2.04. The number of hydrogen-bond acceptors (Lipinski definition) is 2. The molecule has 1 aromatic rings. The monoisotopic (exact) mass is 290 g/mol. The lowest BCUT2D eigenvalue weighted by atomic mass is 9.82. The minimum atomic E-state index is -0.807. The number of hydrogen-bond donors (Lipinski definition) is 3. The number of aliphatic carboxylic acids is 1. The van der Waals surface area contributed by atoms with Gasteiger partial charge in [0.25, 0.3) is 0 Å². The fourth-order valence-corrected chi connectivity index (χ4v) is 2.65. The number of nitrogens with one attached hydrogen (secondary N) is 2. The zero-order valence-electron chi connectivity index (χ0n) is 12.4. The molecule has 1 aliphatic rings. The second-order valence-corrected chi connectivity index (χ2v) is 5.99. The minimum Gasteiger partial charge on any atom is -0.481 e. The molecule has 3 N–H and O–H groups in total. The van der Waals surface area contributed by atoms with Gasteiger partial charge in [-0.05, 0) is 42.4 Å². The average Bonchev–Trinajstić information content (AvgIpc) is 2.36. The lowest BCUT2D eigenvalue weighted by molar-refractivity contribution is -0.137. The van der Waals surface area contributed by atoms with E-state index < -0.39 is 5.97 Å². The molecule has 1 fully saturated rings. The van der Waals surface area contributed by atoms with E-state index in [1.54, 1.807) is 12.1 Å². The first-order valence-electron chi connectivity index (χ1n) is 7.33. The molecule has 2 rings (SSSR count). The van der Waals surface area contributed by atoms with Gasteiger partial charge in [-0.15, -0.1) is 0 Å². The fourth-order valence-electron chi connectivity index (χ4n) is 2.65. The molecule has 1 aliphatic carbocycles. The highest BCUT2D eigenvalue weighted by atomic mass is 16.4. The van der Waals surface area contributed by atoms with E-state index in [1.807, 2.05) is 19.1 Å². The summed E-state index contributed by atoms with van der Waals surface area (Å²) in [5.74, 6) is -0.147. The number of carboxylic acids is 1. The third kappa shape index (κ3) is 4.48. The number of rotatable bonds is 5. The van der Waals surface area contributed by atoms with Gasteiger partial charge in [0.1, 0.15) is 0 Å². The third-order valence-corrected chi connectivity index (χ3v) is 3.93. The van der Waals surface area contributed by atoms with Crippen LogP contribution in [0.5, 0.6) is 0 Å². The van der Waals surface area contributed by atoms with Crippen LogP contribution in [0.25, 0.3) is 0 Å². The molecule has 0 aromatic heterocycles. The van der Waals surface area contributed by atoms with E-state index in [0.717, 1.165) is 18.4 Å². The van der Waals surface area contributed by atoms with Crippen molar-refractivity contribution in [2.45, 2.75) is 45.1 Å². The molecule has 0 bridgehead atoms. The predicted octanol–water partition coefficient (Wildman–Crippen LogP) is 3.18. The summed E-state index contributed by atoms with van der Waals surface area (Å²) in [6.45, 7) is 4.05. The summed E-state index contributed by atoms with van der Waals surface area (Å²) in [5.41, 5.74) is 1.67. The normalized spacial score (nSPS) is 22.0. The molecular formula is C16H22N2O3. The van der Waals surface area contributed by atoms with E-state index in [2.05, 4.69) is 17.6 Å². The molecule has 114 valence electrons. The molecule has 21 heavy (non-hydrogen) atoms. The van der Waals surface area contributed by atoms with Crippen LogP contribution in [-0.4, -0.2) is 23.1 Å². The van der Waals surface area contributed by atoms with E-state index in [-0.39, 0.29) is 24.4 Å². The number of urea groups is 1. The van der Waals surface area contributed by atoms with Crippen molar-refractivity contribution in [1.29, 1.82) is 0 Å². The summed E-state index contributed by atoms with van der Waals surface area (Å²) < 4.78 is 0. The summed E-state index contributed by atoms with van der Waals surface area (Å²) in [6, 6.07) is 7.42. The first-order chi connectivity index (χ1) is 9.94. The van der Waals surface area contributed by atoms with E-state index in [0.29, 0.717) is 11.6 Å². The van der Waals surface area contributed by atoms with Crippen LogP contribution in [0.4, 0.5) is 10.5 Å². The Morgan fingerprint density at radius 3 is 2.43 bits per heavy atom. The molecule has 1 atom stereocenters. The highest BCUT2D eigenvalue weighted by Crippen LogP contribution is 2.26. The smallest absolute Gasteiger partial charge is 0.319 e. The summed E-state index contributed by atoms with van der Waals surface area (Å²) >= 11 is 0. The lowest BCUT2D eigenvalue weighted by Gasteiger charge is -2.33. The molecule has 0 radical (unpaired) electrons. The molecule has 1 aromatic carbocycles. The van der Waals surface area contributed by atoms with E-state index in [9.17, 15) is 9.59 Å². The van der Waals surface area contributed by atoms with Crippen LogP contribution in [0.2, 0.25) is 0 Å². The summed E-state index contributed by atoms with van der Waals surface area (Å²) in [6.07, 6.45) is 2.19. The first-order valence-corrected chi connectivity index (χ1v) is 7.33. The Bertz CT molecular complexity index is 507. The molecule has 1 unspecified atom stereocenters. The van der Waals surface area contributed by atoms with Crippen molar-refractivity contribution in [2.24, 2.45) is 5.92 Å². The summed E-state index contributed by atoms with van der Waals surface area (Å²) in [4.78, 5) is 22.5. The van der Waals surface area contributed by atoms with Crippen molar-refractivity contribution in [3.63, 3.8) is 0 Å². The van der Waals surface area contributed by atoms with Crippen LogP contribution in [-0.2, 0) is 4.79 Å². The molecule has 5 heteroatoms. The number of benzene rings is 1. The van der Waals surface area contributed by atoms with E-state index in [4.69, 9.17) is 5.11 Å². The van der Waals surface area contributed by atoms with Gasteiger partial charge in [0.05, 0.1) is 6.42 Å². The number of anilines is 1. The summed E-state index contributed by atoms with van der Waals surface area (Å²) in [7, 11) is 0. The van der Waals surface area contributed by atoms with Crippen molar-refractivity contribution in [3.8, 4) is 0 Å². The standard InChI is InChI=1S/C16H22N2O3/c1-10-7-14(8-10)18-16(21)17-13-5-3-12(4-6-13)11(2)9-15(19)20/h3-6,10-11,14H,7-9H2,1-2H3,(H,19,20)(H2,17,18,21). The number of carboxylic acid groups (broad SMARTS) is 1. The second kappa shape index (κ2) is 6.61. The fraction of sp³-hybridized carbons (Fsp3) is 0.500. The van der Waals surface area contributed by atoms with Crippen molar-refractivity contribution in [3.05, 3.63) is 29.8 Å². The molecule has 2 amide bonds. The quantitative estimate of drug-likeness (QED) is 0.779. The van der Waals surface area contributed by atoms with E-state index >= 15 is 0 Å². The molecule has 1 saturated carbocycles. The molecule has 5 nitrogen and oxygen atoms in total. The molecule has 0 heterocycles. The van der Waals surface area contributed by atoms with Gasteiger partial charge in [0.2, 0.25) is 0 Å². The van der Waals surface area contributed by atoms with Gasteiger partial charge >= 0.3 is 12.0 Å². The van der Waals surface area contributed by atoms with Crippen LogP contribution in [0.1, 0.15) is 44.6 Å². The first kappa shape index (κ1) is 15.4. The molecule has 0 spiro atoms. The van der Waals surface area contributed by atoms with Gasteiger partial charge in [-0.25, -0.2) is 4.79 Å². The number of carbonyl (C=O) groups is 2. The van der Waals surface area contributed by atoms with Crippen LogP contribution in [0.15, 0.2) is 24.3 Å². The largest absolute Gasteiger partial charge is 0.481 e. The maximum atomic E-state index is 11.8. The van der Waals surface area contributed by atoms with Crippen LogP contribution in [0.3, 0.4) is 0 Å². The van der Waals surface area contributed by atoms with Crippen LogP contribution in [0, 0.1) is 5.92 Å². The van der Waals surface area contributed by atoms with Crippen molar-refractivity contribution >= 4 is 17.7 Å². The Balaban J connectivity index is 1.84. The third-order valence-electron chi connectivity index (χ3n) is 3.93. The number of amides is 2. The lowest BCUT2D eigenvalue weighted by Crippen LogP contribution is -2.45. The van der Waals surface area contributed by atoms with E-state index in [1.165, 1.54) is 0 Å². The minimum absolute atomic E-state index is 0.0400. The van der Waals surface area contributed by atoms with Crippen molar-refractivity contribution in [1.82, 2.24) is 5.32 Å². The molecular weight excluding hydrogens is 268 g/mol. The highest BCUT2D eigenvalue weighted by molar-refractivity contribution is 5.89. The highest BCUT2D eigenvalue weighted by Gasteiger charge is 2.26. The van der Waals surface area contributed by atoms with Gasteiger partial charge in [-0.3, -0.25) is 4.79 Å². The Kier molecular flexibility index (Phi) is 4.83. The second-order valence-electron chi connectivity index (χ2n) is 5.99.